The number of esters is 1. The molecule has 4 nitrogen and oxygen atoms in total. The van der Waals surface area contributed by atoms with Crippen molar-refractivity contribution < 1.29 is 18.7 Å². The van der Waals surface area contributed by atoms with Gasteiger partial charge in [-0.3, -0.25) is 4.79 Å². The molecule has 0 aliphatic heterocycles. The lowest BCUT2D eigenvalue weighted by Crippen LogP contribution is -2.35. The van der Waals surface area contributed by atoms with Crippen LogP contribution in [0, 0.1) is 5.82 Å². The first-order valence-electron chi connectivity index (χ1n) is 6.05. The van der Waals surface area contributed by atoms with E-state index in [0.29, 0.717) is 12.1 Å². The fourth-order valence-corrected chi connectivity index (χ4v) is 1.55. The van der Waals surface area contributed by atoms with Crippen LogP contribution in [0.15, 0.2) is 24.3 Å². The molecule has 1 rings (SSSR count). The number of hydrogen-bond acceptors (Lipinski definition) is 3. The first-order valence-corrected chi connectivity index (χ1v) is 6.43. The van der Waals surface area contributed by atoms with Crippen LogP contribution in [-0.2, 0) is 14.3 Å². The molecule has 0 bridgehead atoms. The summed E-state index contributed by atoms with van der Waals surface area (Å²) in [5.74, 6) is -1.56. The number of carbonyl (C=O) groups excluding carboxylic acids is 2. The van der Waals surface area contributed by atoms with Crippen LogP contribution in [0.25, 0.3) is 6.08 Å². The van der Waals surface area contributed by atoms with Crippen LogP contribution >= 0.6 is 11.6 Å². The van der Waals surface area contributed by atoms with Crippen LogP contribution in [0.1, 0.15) is 19.4 Å². The van der Waals surface area contributed by atoms with E-state index in [-0.39, 0.29) is 10.9 Å². The summed E-state index contributed by atoms with van der Waals surface area (Å²) in [6.07, 6.45) is 1.71. The molecule has 1 atom stereocenters. The molecule has 1 aromatic carbocycles. The molecular formula is C14H15ClFNO3. The minimum absolute atomic E-state index is 0.0313. The van der Waals surface area contributed by atoms with Gasteiger partial charge in [-0.1, -0.05) is 17.7 Å². The summed E-state index contributed by atoms with van der Waals surface area (Å²) in [5, 5.41) is 2.51. The Morgan fingerprint density at radius 1 is 1.50 bits per heavy atom. The average molecular weight is 300 g/mol. The highest BCUT2D eigenvalue weighted by Crippen LogP contribution is 2.16. The van der Waals surface area contributed by atoms with Crippen molar-refractivity contribution in [1.29, 1.82) is 0 Å². The number of ether oxygens (including phenoxy) is 1. The molecule has 1 N–H and O–H groups in total. The van der Waals surface area contributed by atoms with E-state index in [9.17, 15) is 14.0 Å². The van der Waals surface area contributed by atoms with Crippen molar-refractivity contribution in [2.24, 2.45) is 0 Å². The molecule has 0 radical (unpaired) electrons. The molecule has 1 amide bonds. The van der Waals surface area contributed by atoms with E-state index in [1.807, 2.05) is 0 Å². The van der Waals surface area contributed by atoms with Crippen LogP contribution in [0.5, 0.6) is 0 Å². The summed E-state index contributed by atoms with van der Waals surface area (Å²) in [4.78, 5) is 22.9. The quantitative estimate of drug-likeness (QED) is 0.671. The molecule has 0 fully saturated rings. The van der Waals surface area contributed by atoms with Gasteiger partial charge in [-0.25, -0.2) is 9.18 Å². The molecule has 0 aliphatic carbocycles. The lowest BCUT2D eigenvalue weighted by molar-refractivity contribution is -0.150. The Morgan fingerprint density at radius 2 is 2.20 bits per heavy atom. The zero-order valence-electron chi connectivity index (χ0n) is 11.2. The number of nitrogens with one attached hydrogen (secondary N) is 1. The summed E-state index contributed by atoms with van der Waals surface area (Å²) in [6.45, 7) is 3.71. The summed E-state index contributed by atoms with van der Waals surface area (Å²) in [6, 6.07) is 4.05. The molecule has 0 saturated heterocycles. The normalized spacial score (nSPS) is 12.2. The molecule has 0 spiro atoms. The van der Waals surface area contributed by atoms with Crippen LogP contribution in [0.2, 0.25) is 5.02 Å². The highest BCUT2D eigenvalue weighted by Gasteiger charge is 2.15. The van der Waals surface area contributed by atoms with Crippen molar-refractivity contribution in [2.75, 3.05) is 6.54 Å². The van der Waals surface area contributed by atoms with E-state index in [2.05, 4.69) is 5.32 Å². The van der Waals surface area contributed by atoms with Crippen molar-refractivity contribution in [3.8, 4) is 0 Å². The minimum Gasteiger partial charge on any atom is -0.449 e. The van der Waals surface area contributed by atoms with E-state index in [4.69, 9.17) is 16.3 Å². The Bertz CT molecular complexity index is 531. The largest absolute Gasteiger partial charge is 0.449 e. The maximum Gasteiger partial charge on any atom is 0.331 e. The maximum atomic E-state index is 12.9. The number of amides is 1. The van der Waals surface area contributed by atoms with Crippen LogP contribution < -0.4 is 5.32 Å². The van der Waals surface area contributed by atoms with Crippen LogP contribution in [0.3, 0.4) is 0 Å². The van der Waals surface area contributed by atoms with Crippen LogP contribution in [-0.4, -0.2) is 24.5 Å². The second-order valence-electron chi connectivity index (χ2n) is 3.98. The van der Waals surface area contributed by atoms with Crippen molar-refractivity contribution in [3.63, 3.8) is 0 Å². The summed E-state index contributed by atoms with van der Waals surface area (Å²) >= 11 is 5.61. The van der Waals surface area contributed by atoms with Gasteiger partial charge < -0.3 is 10.1 Å². The summed E-state index contributed by atoms with van der Waals surface area (Å²) in [5.41, 5.74) is 0.555. The van der Waals surface area contributed by atoms with Gasteiger partial charge in [-0.15, -0.1) is 0 Å². The monoisotopic (exact) mass is 299 g/mol. The Morgan fingerprint density at radius 3 is 2.80 bits per heavy atom. The van der Waals surface area contributed by atoms with E-state index >= 15 is 0 Å². The lowest BCUT2D eigenvalue weighted by Gasteiger charge is -2.10. The van der Waals surface area contributed by atoms with Gasteiger partial charge in [-0.05, 0) is 37.6 Å². The molecule has 0 aromatic heterocycles. The average Bonchev–Trinajstić information content (AvgIpc) is 2.40. The SMILES string of the molecule is CCNC(=O)[C@H](C)OC(=O)/C=C/c1ccc(F)c(Cl)c1. The van der Waals surface area contributed by atoms with Crippen molar-refractivity contribution in [3.05, 3.63) is 40.7 Å². The molecule has 0 aliphatic rings. The number of rotatable bonds is 5. The first kappa shape index (κ1) is 16.2. The standard InChI is InChI=1S/C14H15ClFNO3/c1-3-17-14(19)9(2)20-13(18)7-5-10-4-6-12(16)11(15)8-10/h4-9H,3H2,1-2H3,(H,17,19)/b7-5+/t9-/m0/s1. The molecule has 6 heteroatoms. The third-order valence-corrected chi connectivity index (χ3v) is 2.66. The van der Waals surface area contributed by atoms with Crippen molar-refractivity contribution in [1.82, 2.24) is 5.32 Å². The Balaban J connectivity index is 2.59. The fourth-order valence-electron chi connectivity index (χ4n) is 1.37. The predicted molar refractivity (Wildman–Crippen MR) is 74.7 cm³/mol. The van der Waals surface area contributed by atoms with E-state index in [1.54, 1.807) is 6.92 Å². The third kappa shape index (κ3) is 5.01. The minimum atomic E-state index is -0.871. The second kappa shape index (κ2) is 7.65. The highest BCUT2D eigenvalue weighted by molar-refractivity contribution is 6.30. The van der Waals surface area contributed by atoms with Crippen molar-refractivity contribution >= 4 is 29.6 Å². The third-order valence-electron chi connectivity index (χ3n) is 2.37. The Labute approximate surface area is 121 Å². The number of carbonyl (C=O) groups is 2. The van der Waals surface area contributed by atoms with Gasteiger partial charge in [0.1, 0.15) is 5.82 Å². The summed E-state index contributed by atoms with van der Waals surface area (Å²) < 4.78 is 17.8. The van der Waals surface area contributed by atoms with Gasteiger partial charge in [0.2, 0.25) is 0 Å². The topological polar surface area (TPSA) is 55.4 Å². The molecule has 1 aromatic rings. The van der Waals surface area contributed by atoms with Gasteiger partial charge in [0, 0.05) is 12.6 Å². The first-order chi connectivity index (χ1) is 9.43. The summed E-state index contributed by atoms with van der Waals surface area (Å²) in [7, 11) is 0. The van der Waals surface area contributed by atoms with Crippen LogP contribution in [0.4, 0.5) is 4.39 Å². The highest BCUT2D eigenvalue weighted by atomic mass is 35.5. The Kier molecular flexibility index (Phi) is 6.18. The fraction of sp³-hybridized carbons (Fsp3) is 0.286. The Hall–Kier alpha value is -1.88. The van der Waals surface area contributed by atoms with E-state index in [0.717, 1.165) is 6.08 Å². The molecule has 20 heavy (non-hydrogen) atoms. The molecule has 0 unspecified atom stereocenters. The van der Waals surface area contributed by atoms with Crippen molar-refractivity contribution in [2.45, 2.75) is 20.0 Å². The smallest absolute Gasteiger partial charge is 0.331 e. The van der Waals surface area contributed by atoms with Gasteiger partial charge in [0.25, 0.3) is 5.91 Å². The zero-order valence-corrected chi connectivity index (χ0v) is 11.9. The number of hydrogen-bond donors (Lipinski definition) is 1. The number of likely N-dealkylation sites (N-methyl/N-ethyl adjacent to an activating group) is 1. The van der Waals surface area contributed by atoms with Gasteiger partial charge in [-0.2, -0.15) is 0 Å². The predicted octanol–water partition coefficient (Wildman–Crippen LogP) is 2.56. The lowest BCUT2D eigenvalue weighted by atomic mass is 10.2. The number of benzene rings is 1. The maximum absolute atomic E-state index is 12.9. The molecule has 0 saturated carbocycles. The van der Waals surface area contributed by atoms with Gasteiger partial charge in [0.05, 0.1) is 5.02 Å². The molecule has 0 heterocycles. The van der Waals surface area contributed by atoms with Gasteiger partial charge in [0.15, 0.2) is 6.10 Å². The zero-order chi connectivity index (χ0) is 15.1. The van der Waals surface area contributed by atoms with E-state index in [1.165, 1.54) is 31.2 Å². The molecular weight excluding hydrogens is 285 g/mol. The molecule has 108 valence electrons. The van der Waals surface area contributed by atoms with Gasteiger partial charge >= 0.3 is 5.97 Å². The second-order valence-corrected chi connectivity index (χ2v) is 4.39. The van der Waals surface area contributed by atoms with E-state index < -0.39 is 17.9 Å². The number of halogens is 2.